The first kappa shape index (κ1) is 16.0. The molecule has 0 aliphatic heterocycles. The van der Waals surface area contributed by atoms with Gasteiger partial charge in [0.25, 0.3) is 0 Å². The van der Waals surface area contributed by atoms with Crippen molar-refractivity contribution in [1.29, 1.82) is 0 Å². The van der Waals surface area contributed by atoms with Gasteiger partial charge in [-0.2, -0.15) is 13.2 Å². The number of hydrogen-bond acceptors (Lipinski definition) is 2. The molecule has 0 rings (SSSR count). The van der Waals surface area contributed by atoms with Gasteiger partial charge in [0.2, 0.25) is 0 Å². The molecule has 1 unspecified atom stereocenters. The van der Waals surface area contributed by atoms with E-state index in [0.717, 1.165) is 0 Å². The predicted molar refractivity (Wildman–Crippen MR) is 47.6 cm³/mol. The van der Waals surface area contributed by atoms with Crippen LogP contribution in [0.15, 0.2) is 0 Å². The van der Waals surface area contributed by atoms with Crippen LogP contribution in [0.1, 0.15) is 13.8 Å². The zero-order valence-corrected chi connectivity index (χ0v) is 8.58. The monoisotopic (exact) mass is 235 g/mol. The molecule has 0 saturated carbocycles. The lowest BCUT2D eigenvalue weighted by Gasteiger charge is -2.18. The van der Waals surface area contributed by atoms with Crippen LogP contribution in [0.4, 0.5) is 13.2 Å². The Balaban J connectivity index is 0. The molecule has 0 aromatic carbocycles. The van der Waals surface area contributed by atoms with Crippen LogP contribution in [-0.4, -0.2) is 29.8 Å². The molecule has 0 aromatic rings. The topological polar surface area (TPSA) is 49.3 Å². The van der Waals surface area contributed by atoms with E-state index in [1.54, 1.807) is 13.8 Å². The molecule has 0 fully saturated rings. The lowest BCUT2D eigenvalue weighted by Crippen LogP contribution is -2.45. The highest BCUT2D eigenvalue weighted by Crippen LogP contribution is 2.13. The molecule has 0 bridgehead atoms. The summed E-state index contributed by atoms with van der Waals surface area (Å²) in [7, 11) is 0. The fourth-order valence-corrected chi connectivity index (χ4v) is 0.834. The van der Waals surface area contributed by atoms with E-state index in [-0.39, 0.29) is 18.3 Å². The van der Waals surface area contributed by atoms with E-state index in [4.69, 9.17) is 5.11 Å². The second kappa shape index (κ2) is 6.08. The molecular weight excluding hydrogens is 223 g/mol. The van der Waals surface area contributed by atoms with Gasteiger partial charge in [0.15, 0.2) is 0 Å². The molecular formula is C7H13ClF3NO2. The quantitative estimate of drug-likeness (QED) is 0.779. The van der Waals surface area contributed by atoms with Crippen molar-refractivity contribution in [3.8, 4) is 0 Å². The third kappa shape index (κ3) is 6.97. The number of hydrogen-bond donors (Lipinski definition) is 2. The molecule has 0 aliphatic rings. The van der Waals surface area contributed by atoms with Crippen LogP contribution in [0, 0.1) is 5.92 Å². The number of aliphatic carboxylic acids is 1. The van der Waals surface area contributed by atoms with Gasteiger partial charge in [0, 0.05) is 0 Å². The molecule has 0 saturated heterocycles. The first-order chi connectivity index (χ1) is 5.74. The highest BCUT2D eigenvalue weighted by atomic mass is 35.5. The smallest absolute Gasteiger partial charge is 0.401 e. The van der Waals surface area contributed by atoms with Gasteiger partial charge in [0.05, 0.1) is 6.54 Å². The number of carboxylic acid groups (broad SMARTS) is 1. The summed E-state index contributed by atoms with van der Waals surface area (Å²) in [5, 5.41) is 10.4. The number of halogens is 4. The Morgan fingerprint density at radius 2 is 1.86 bits per heavy atom. The number of carboxylic acids is 1. The Morgan fingerprint density at radius 1 is 1.43 bits per heavy atom. The first-order valence-corrected chi connectivity index (χ1v) is 3.77. The van der Waals surface area contributed by atoms with Crippen LogP contribution in [0.5, 0.6) is 0 Å². The fraction of sp³-hybridized carbons (Fsp3) is 0.857. The highest BCUT2D eigenvalue weighted by molar-refractivity contribution is 5.85. The molecule has 0 spiro atoms. The van der Waals surface area contributed by atoms with Crippen molar-refractivity contribution in [3.05, 3.63) is 0 Å². The predicted octanol–water partition coefficient (Wildman–Crippen LogP) is 1.67. The summed E-state index contributed by atoms with van der Waals surface area (Å²) in [5.74, 6) is -1.64. The van der Waals surface area contributed by atoms with Gasteiger partial charge >= 0.3 is 12.1 Å². The molecule has 7 heteroatoms. The summed E-state index contributed by atoms with van der Waals surface area (Å²) in [5.41, 5.74) is 0. The number of alkyl halides is 3. The summed E-state index contributed by atoms with van der Waals surface area (Å²) < 4.78 is 35.1. The average molecular weight is 236 g/mol. The number of nitrogens with one attached hydrogen (secondary N) is 1. The van der Waals surface area contributed by atoms with Crippen LogP contribution < -0.4 is 5.32 Å². The van der Waals surface area contributed by atoms with Gasteiger partial charge in [-0.25, -0.2) is 0 Å². The van der Waals surface area contributed by atoms with Crippen molar-refractivity contribution >= 4 is 18.4 Å². The van der Waals surface area contributed by atoms with Crippen LogP contribution in [0.3, 0.4) is 0 Å². The van der Waals surface area contributed by atoms with Crippen molar-refractivity contribution in [2.75, 3.05) is 6.54 Å². The summed E-state index contributed by atoms with van der Waals surface area (Å²) in [6.07, 6.45) is -4.37. The molecule has 0 aromatic heterocycles. The molecule has 1 atom stereocenters. The van der Waals surface area contributed by atoms with Gasteiger partial charge in [-0.05, 0) is 5.92 Å². The van der Waals surface area contributed by atoms with E-state index >= 15 is 0 Å². The normalized spacial score (nSPS) is 13.6. The van der Waals surface area contributed by atoms with Crippen molar-refractivity contribution in [2.45, 2.75) is 26.1 Å². The van der Waals surface area contributed by atoms with Crippen molar-refractivity contribution in [2.24, 2.45) is 5.92 Å². The van der Waals surface area contributed by atoms with Crippen LogP contribution >= 0.6 is 12.4 Å². The average Bonchev–Trinajstić information content (AvgIpc) is 1.82. The Labute approximate surface area is 86.1 Å². The SMILES string of the molecule is CC(C)C(NCC(F)(F)F)C(=O)O.Cl. The molecule has 2 N–H and O–H groups in total. The van der Waals surface area contributed by atoms with Gasteiger partial charge in [0.1, 0.15) is 6.04 Å². The third-order valence-electron chi connectivity index (χ3n) is 1.46. The minimum absolute atomic E-state index is 0. The van der Waals surface area contributed by atoms with Crippen molar-refractivity contribution in [3.63, 3.8) is 0 Å². The maximum absolute atomic E-state index is 11.7. The number of rotatable bonds is 4. The second-order valence-corrected chi connectivity index (χ2v) is 3.06. The van der Waals surface area contributed by atoms with Gasteiger partial charge in [-0.15, -0.1) is 12.4 Å². The Bertz CT molecular complexity index is 184. The fourth-order valence-electron chi connectivity index (χ4n) is 0.834. The Morgan fingerprint density at radius 3 is 2.07 bits per heavy atom. The summed E-state index contributed by atoms with van der Waals surface area (Å²) in [6.45, 7) is 1.81. The summed E-state index contributed by atoms with van der Waals surface area (Å²) >= 11 is 0. The summed E-state index contributed by atoms with van der Waals surface area (Å²) in [4.78, 5) is 10.4. The number of carbonyl (C=O) groups is 1. The zero-order chi connectivity index (χ0) is 10.6. The minimum Gasteiger partial charge on any atom is -0.480 e. The lowest BCUT2D eigenvalue weighted by molar-refractivity contribution is -0.144. The van der Waals surface area contributed by atoms with E-state index in [1.165, 1.54) is 0 Å². The molecule has 86 valence electrons. The van der Waals surface area contributed by atoms with Crippen molar-refractivity contribution < 1.29 is 23.1 Å². The first-order valence-electron chi connectivity index (χ1n) is 3.77. The van der Waals surface area contributed by atoms with E-state index in [9.17, 15) is 18.0 Å². The molecule has 3 nitrogen and oxygen atoms in total. The van der Waals surface area contributed by atoms with Crippen LogP contribution in [0.25, 0.3) is 0 Å². The van der Waals surface area contributed by atoms with Gasteiger partial charge < -0.3 is 5.11 Å². The summed E-state index contributed by atoms with van der Waals surface area (Å²) in [6, 6.07) is -1.15. The van der Waals surface area contributed by atoms with Crippen LogP contribution in [0.2, 0.25) is 0 Å². The molecule has 0 aliphatic carbocycles. The zero-order valence-electron chi connectivity index (χ0n) is 7.76. The van der Waals surface area contributed by atoms with Gasteiger partial charge in [-0.1, -0.05) is 13.8 Å². The third-order valence-corrected chi connectivity index (χ3v) is 1.46. The van der Waals surface area contributed by atoms with Crippen molar-refractivity contribution in [1.82, 2.24) is 5.32 Å². The molecule has 0 heterocycles. The van der Waals surface area contributed by atoms with Crippen LogP contribution in [-0.2, 0) is 4.79 Å². The second-order valence-electron chi connectivity index (χ2n) is 3.06. The van der Waals surface area contributed by atoms with E-state index in [1.807, 2.05) is 5.32 Å². The maximum atomic E-state index is 11.7. The standard InChI is InChI=1S/C7H12F3NO2.ClH/c1-4(2)5(6(12)13)11-3-7(8,9)10;/h4-5,11H,3H2,1-2H3,(H,12,13);1H. The van der Waals surface area contributed by atoms with E-state index in [0.29, 0.717) is 0 Å². The molecule has 0 amide bonds. The van der Waals surface area contributed by atoms with E-state index < -0.39 is 24.7 Å². The highest BCUT2D eigenvalue weighted by Gasteiger charge is 2.30. The van der Waals surface area contributed by atoms with E-state index in [2.05, 4.69) is 0 Å². The largest absolute Gasteiger partial charge is 0.480 e. The van der Waals surface area contributed by atoms with Gasteiger partial charge in [-0.3, -0.25) is 10.1 Å². The molecule has 14 heavy (non-hydrogen) atoms. The molecule has 0 radical (unpaired) electrons. The maximum Gasteiger partial charge on any atom is 0.401 e. The minimum atomic E-state index is -4.37. The Kier molecular flexibility index (Phi) is 6.93. The lowest BCUT2D eigenvalue weighted by atomic mass is 10.1. The Hall–Kier alpha value is -0.490.